The Labute approximate surface area is 55.0 Å². The van der Waals surface area contributed by atoms with Crippen molar-refractivity contribution in [1.82, 2.24) is 4.89 Å². The van der Waals surface area contributed by atoms with Gasteiger partial charge in [0, 0.05) is 0 Å². The third-order valence-electron chi connectivity index (χ3n) is 1.76. The second-order valence-electron chi connectivity index (χ2n) is 2.36. The first-order valence-electron chi connectivity index (χ1n) is 3.27. The van der Waals surface area contributed by atoms with Crippen molar-refractivity contribution in [3.05, 3.63) is 29.4 Å². The zero-order valence-corrected chi connectivity index (χ0v) is 5.22. The SMILES string of the molecule is b1cc2c([nH]1)CC=CC2. The molecule has 2 rings (SSSR count). The first-order valence-corrected chi connectivity index (χ1v) is 3.27. The van der Waals surface area contributed by atoms with Crippen LogP contribution in [0.25, 0.3) is 0 Å². The average Bonchev–Trinajstić information content (AvgIpc) is 2.33. The van der Waals surface area contributed by atoms with E-state index in [4.69, 9.17) is 0 Å². The molecule has 0 unspecified atom stereocenters. The molecule has 0 amide bonds. The van der Waals surface area contributed by atoms with Gasteiger partial charge in [0.1, 0.15) is 0 Å². The van der Waals surface area contributed by atoms with Crippen LogP contribution in [0.2, 0.25) is 0 Å². The molecule has 0 aliphatic heterocycles. The van der Waals surface area contributed by atoms with Gasteiger partial charge in [-0.2, -0.15) is 0 Å². The van der Waals surface area contributed by atoms with Gasteiger partial charge in [0.15, 0.2) is 0 Å². The van der Waals surface area contributed by atoms with Crippen molar-refractivity contribution in [2.24, 2.45) is 0 Å². The van der Waals surface area contributed by atoms with Gasteiger partial charge in [-0.05, 0) is 0 Å². The van der Waals surface area contributed by atoms with Gasteiger partial charge in [-0.25, -0.2) is 0 Å². The molecule has 0 radical (unpaired) electrons. The van der Waals surface area contributed by atoms with E-state index in [1.165, 1.54) is 11.3 Å². The van der Waals surface area contributed by atoms with Crippen molar-refractivity contribution >= 4 is 7.05 Å². The number of H-pyrrole nitrogens is 1. The van der Waals surface area contributed by atoms with Gasteiger partial charge in [-0.1, -0.05) is 0 Å². The van der Waals surface area contributed by atoms with Crippen LogP contribution in [0.5, 0.6) is 0 Å². The van der Waals surface area contributed by atoms with Crippen molar-refractivity contribution in [3.63, 3.8) is 0 Å². The van der Waals surface area contributed by atoms with E-state index in [1.54, 1.807) is 0 Å². The number of aromatic amines is 1. The molecule has 44 valence electrons. The standard InChI is InChI=1S/C7H8BN/c1-2-4-7-6(3-1)5-8-9-7/h1-2,5,9H,3-4H2. The van der Waals surface area contributed by atoms with Crippen LogP contribution in [0.3, 0.4) is 0 Å². The van der Waals surface area contributed by atoms with E-state index in [0.717, 1.165) is 12.8 Å². The quantitative estimate of drug-likeness (QED) is 0.488. The summed E-state index contributed by atoms with van der Waals surface area (Å²) in [7, 11) is 2.01. The predicted octanol–water partition coefficient (Wildman–Crippen LogP) is 1.01. The van der Waals surface area contributed by atoms with Crippen LogP contribution in [0.1, 0.15) is 11.3 Å². The molecule has 1 aliphatic rings. The van der Waals surface area contributed by atoms with Crippen molar-refractivity contribution in [3.8, 4) is 0 Å². The third kappa shape index (κ3) is 0.746. The van der Waals surface area contributed by atoms with Crippen LogP contribution in [-0.4, -0.2) is 11.9 Å². The first-order chi connectivity index (χ1) is 4.47. The maximum absolute atomic E-state index is 3.21. The summed E-state index contributed by atoms with van der Waals surface area (Å²) in [4.78, 5) is 3.21. The molecular formula is C7H8BN. The van der Waals surface area contributed by atoms with E-state index in [9.17, 15) is 0 Å². The fourth-order valence-corrected chi connectivity index (χ4v) is 1.23. The summed E-state index contributed by atoms with van der Waals surface area (Å²) < 4.78 is 0. The van der Waals surface area contributed by atoms with E-state index in [1.807, 2.05) is 7.05 Å². The zero-order valence-electron chi connectivity index (χ0n) is 5.22. The Morgan fingerprint density at radius 2 is 2.22 bits per heavy atom. The minimum atomic E-state index is 1.09. The van der Waals surface area contributed by atoms with Crippen LogP contribution in [0, 0.1) is 0 Å². The van der Waals surface area contributed by atoms with Crippen LogP contribution < -0.4 is 0 Å². The summed E-state index contributed by atoms with van der Waals surface area (Å²) in [5.74, 6) is 2.15. The Bertz CT molecular complexity index is 214. The molecule has 0 aromatic carbocycles. The van der Waals surface area contributed by atoms with E-state index < -0.39 is 0 Å². The van der Waals surface area contributed by atoms with Crippen molar-refractivity contribution in [2.45, 2.75) is 12.8 Å². The van der Waals surface area contributed by atoms with Crippen molar-refractivity contribution < 1.29 is 0 Å². The molecule has 0 bridgehead atoms. The van der Waals surface area contributed by atoms with Gasteiger partial charge in [-0.3, -0.25) is 0 Å². The maximum atomic E-state index is 3.21. The normalized spacial score (nSPS) is 15.1. The first kappa shape index (κ1) is 5.04. The second kappa shape index (κ2) is 1.87. The van der Waals surface area contributed by atoms with E-state index in [0.29, 0.717) is 0 Å². The van der Waals surface area contributed by atoms with E-state index in [-0.39, 0.29) is 0 Å². The molecule has 1 heterocycles. The van der Waals surface area contributed by atoms with Crippen molar-refractivity contribution in [1.29, 1.82) is 0 Å². The number of nitrogens with one attached hydrogen (secondary N) is 1. The van der Waals surface area contributed by atoms with Crippen LogP contribution in [0.15, 0.2) is 18.1 Å². The molecule has 9 heavy (non-hydrogen) atoms. The number of fused-ring (bicyclic) bond motifs is 1. The summed E-state index contributed by atoms with van der Waals surface area (Å²) in [5, 5.41) is 0. The molecule has 2 heteroatoms. The summed E-state index contributed by atoms with van der Waals surface area (Å²) in [6, 6.07) is 0. The van der Waals surface area contributed by atoms with Crippen molar-refractivity contribution in [2.75, 3.05) is 0 Å². The molecule has 0 spiro atoms. The van der Waals surface area contributed by atoms with Gasteiger partial charge < -0.3 is 0 Å². The molecule has 1 aromatic rings. The molecule has 0 saturated carbocycles. The van der Waals surface area contributed by atoms with Gasteiger partial charge in [0.25, 0.3) is 0 Å². The Morgan fingerprint density at radius 1 is 1.33 bits per heavy atom. The minimum absolute atomic E-state index is 1.09. The number of aromatic nitrogens is 1. The fourth-order valence-electron chi connectivity index (χ4n) is 1.23. The summed E-state index contributed by atoms with van der Waals surface area (Å²) in [5.41, 5.74) is 2.84. The average molecular weight is 117 g/mol. The number of hydrogen-bond acceptors (Lipinski definition) is 0. The van der Waals surface area contributed by atoms with Gasteiger partial charge in [0.2, 0.25) is 0 Å². The predicted molar refractivity (Wildman–Crippen MR) is 38.7 cm³/mol. The van der Waals surface area contributed by atoms with Gasteiger partial charge >= 0.3 is 54.2 Å². The molecule has 1 N–H and O–H groups in total. The summed E-state index contributed by atoms with van der Waals surface area (Å²) in [6.07, 6.45) is 6.62. The molecule has 0 saturated heterocycles. The molecule has 1 nitrogen and oxygen atoms in total. The van der Waals surface area contributed by atoms with E-state index in [2.05, 4.69) is 23.0 Å². The second-order valence-corrected chi connectivity index (χ2v) is 2.36. The number of hydrogen-bond donors (Lipinski definition) is 1. The molecule has 0 fully saturated rings. The zero-order chi connectivity index (χ0) is 6.10. The fraction of sp³-hybridized carbons (Fsp3) is 0.286. The van der Waals surface area contributed by atoms with Gasteiger partial charge in [-0.15, -0.1) is 0 Å². The summed E-state index contributed by atoms with van der Waals surface area (Å²) in [6.45, 7) is 0. The number of rotatable bonds is 0. The van der Waals surface area contributed by atoms with E-state index >= 15 is 0 Å². The topological polar surface area (TPSA) is 15.8 Å². The summed E-state index contributed by atoms with van der Waals surface area (Å²) >= 11 is 0. The Hall–Kier alpha value is -0.785. The molecule has 0 atom stereocenters. The third-order valence-corrected chi connectivity index (χ3v) is 1.76. The van der Waals surface area contributed by atoms with Crippen LogP contribution >= 0.6 is 0 Å². The number of allylic oxidation sites excluding steroid dienone is 2. The van der Waals surface area contributed by atoms with Crippen LogP contribution in [0.4, 0.5) is 0 Å². The Kier molecular flexibility index (Phi) is 1.05. The van der Waals surface area contributed by atoms with Gasteiger partial charge in [0.05, 0.1) is 0 Å². The van der Waals surface area contributed by atoms with Crippen LogP contribution in [-0.2, 0) is 12.8 Å². The Balaban J connectivity index is 2.46. The molecular weight excluding hydrogens is 109 g/mol. The monoisotopic (exact) mass is 117 g/mol. The Morgan fingerprint density at radius 3 is 3.11 bits per heavy atom. The molecule has 1 aliphatic carbocycles. The molecule has 1 aromatic heterocycles.